The van der Waals surface area contributed by atoms with Crippen molar-refractivity contribution in [1.29, 1.82) is 0 Å². The van der Waals surface area contributed by atoms with Crippen LogP contribution in [0.1, 0.15) is 25.0 Å². The van der Waals surface area contributed by atoms with Gasteiger partial charge in [-0.1, -0.05) is 24.3 Å². The first kappa shape index (κ1) is 32.2. The van der Waals surface area contributed by atoms with E-state index in [1.54, 1.807) is 44.2 Å². The smallest absolute Gasteiger partial charge is 0.240 e. The highest BCUT2D eigenvalue weighted by atomic mass is 32.2. The zero-order chi connectivity index (χ0) is 31.9. The van der Waals surface area contributed by atoms with Crippen LogP contribution in [0.25, 0.3) is 0 Å². The van der Waals surface area contributed by atoms with E-state index >= 15 is 0 Å². The number of aromatic nitrogens is 2. The van der Waals surface area contributed by atoms with E-state index in [-0.39, 0.29) is 27.4 Å². The van der Waals surface area contributed by atoms with Crippen LogP contribution in [0.15, 0.2) is 98.9 Å². The maximum absolute atomic E-state index is 13.4. The second kappa shape index (κ2) is 13.7. The summed E-state index contributed by atoms with van der Waals surface area (Å²) >= 11 is 0. The van der Waals surface area contributed by atoms with Gasteiger partial charge in [-0.2, -0.15) is 20.2 Å². The Balaban J connectivity index is 1.58. The molecule has 3 aromatic carbocycles. The summed E-state index contributed by atoms with van der Waals surface area (Å²) in [6, 6.07) is 19.7. The van der Waals surface area contributed by atoms with Crippen LogP contribution in [0.2, 0.25) is 0 Å². The highest BCUT2D eigenvalue weighted by Gasteiger charge is 2.13. The van der Waals surface area contributed by atoms with Gasteiger partial charge in [-0.15, -0.1) is 0 Å². The van der Waals surface area contributed by atoms with Gasteiger partial charge in [0.2, 0.25) is 26.0 Å². The minimum Gasteiger partial charge on any atom is -0.324 e. The molecule has 0 amide bonds. The normalized spacial score (nSPS) is 12.6. The molecule has 0 atom stereocenters. The van der Waals surface area contributed by atoms with E-state index in [4.69, 9.17) is 0 Å². The van der Waals surface area contributed by atoms with Crippen molar-refractivity contribution < 1.29 is 21.2 Å². The standard InChI is InChI=1S/C28H30FN9O4S2/c1-18(20-5-13-24(14-6-20)43(39,40)30-3)35-37-26-17-27(34-28(33-26)32-23-11-9-22(29)10-12-23)38-36-19(2)21-7-15-25(16-8-21)44(41,42)31-4/h5-17,30-31H,1-4H3,(H3,32,33,34,37,38). The van der Waals surface area contributed by atoms with Crippen LogP contribution in [-0.4, -0.2) is 52.3 Å². The topological polar surface area (TPSA) is 179 Å². The summed E-state index contributed by atoms with van der Waals surface area (Å²) in [5.74, 6) is 0.343. The van der Waals surface area contributed by atoms with Crippen molar-refractivity contribution >= 4 is 54.7 Å². The zero-order valence-corrected chi connectivity index (χ0v) is 25.8. The lowest BCUT2D eigenvalue weighted by atomic mass is 10.1. The van der Waals surface area contributed by atoms with Crippen LogP contribution in [0.5, 0.6) is 0 Å². The minimum atomic E-state index is -3.57. The molecule has 4 aromatic rings. The molecule has 1 aromatic heterocycles. The molecule has 4 rings (SSSR count). The number of halogens is 1. The average molecular weight is 640 g/mol. The molecule has 16 heteroatoms. The van der Waals surface area contributed by atoms with E-state index in [0.717, 1.165) is 0 Å². The molecule has 44 heavy (non-hydrogen) atoms. The highest BCUT2D eigenvalue weighted by Crippen LogP contribution is 2.20. The molecule has 230 valence electrons. The molecule has 0 aliphatic carbocycles. The summed E-state index contributed by atoms with van der Waals surface area (Å²) in [7, 11) is -4.45. The van der Waals surface area contributed by atoms with Gasteiger partial charge in [0, 0.05) is 11.8 Å². The van der Waals surface area contributed by atoms with Crippen molar-refractivity contribution in [2.75, 3.05) is 30.3 Å². The molecular weight excluding hydrogens is 609 g/mol. The number of hydrogen-bond acceptors (Lipinski definition) is 11. The summed E-state index contributed by atoms with van der Waals surface area (Å²) < 4.78 is 66.0. The van der Waals surface area contributed by atoms with E-state index < -0.39 is 25.9 Å². The van der Waals surface area contributed by atoms with Crippen LogP contribution >= 0.6 is 0 Å². The van der Waals surface area contributed by atoms with Crippen LogP contribution in [-0.2, 0) is 20.0 Å². The van der Waals surface area contributed by atoms with Crippen molar-refractivity contribution in [1.82, 2.24) is 19.4 Å². The summed E-state index contributed by atoms with van der Waals surface area (Å²) in [5.41, 5.74) is 8.76. The average Bonchev–Trinajstić information content (AvgIpc) is 3.03. The molecule has 0 bridgehead atoms. The van der Waals surface area contributed by atoms with Crippen molar-refractivity contribution in [2.45, 2.75) is 23.6 Å². The number of hydrogen-bond donors (Lipinski definition) is 5. The van der Waals surface area contributed by atoms with Gasteiger partial charge in [-0.25, -0.2) is 30.7 Å². The molecule has 0 aliphatic heterocycles. The Labute approximate surface area is 254 Å². The SMILES string of the molecule is CNS(=O)(=O)c1ccc(C(C)=NNc2cc(NN=C(C)c3ccc(S(=O)(=O)NC)cc3)nc(Nc3ccc(F)cc3)n2)cc1. The Morgan fingerprint density at radius 2 is 1.07 bits per heavy atom. The van der Waals surface area contributed by atoms with E-state index in [1.807, 2.05) is 0 Å². The van der Waals surface area contributed by atoms with Gasteiger partial charge in [0.05, 0.1) is 21.2 Å². The van der Waals surface area contributed by atoms with Crippen LogP contribution in [0, 0.1) is 5.82 Å². The van der Waals surface area contributed by atoms with Gasteiger partial charge in [-0.3, -0.25) is 10.9 Å². The number of nitrogens with one attached hydrogen (secondary N) is 5. The zero-order valence-electron chi connectivity index (χ0n) is 24.1. The molecule has 5 N–H and O–H groups in total. The van der Waals surface area contributed by atoms with E-state index in [0.29, 0.717) is 28.2 Å². The fraction of sp³-hybridized carbons (Fsp3) is 0.143. The third-order valence-electron chi connectivity index (χ3n) is 6.21. The Hall–Kier alpha value is -4.77. The Morgan fingerprint density at radius 3 is 1.45 bits per heavy atom. The van der Waals surface area contributed by atoms with Crippen LogP contribution < -0.4 is 25.6 Å². The second-order valence-corrected chi connectivity index (χ2v) is 12.9. The first-order chi connectivity index (χ1) is 20.9. The molecule has 0 spiro atoms. The van der Waals surface area contributed by atoms with Gasteiger partial charge in [0.15, 0.2) is 11.6 Å². The van der Waals surface area contributed by atoms with E-state index in [2.05, 4.69) is 45.8 Å². The number of nitrogens with zero attached hydrogens (tertiary/aromatic N) is 4. The molecule has 0 fully saturated rings. The molecule has 0 aliphatic rings. The summed E-state index contributed by atoms with van der Waals surface area (Å²) in [6.07, 6.45) is 0. The highest BCUT2D eigenvalue weighted by molar-refractivity contribution is 7.89. The molecule has 0 unspecified atom stereocenters. The first-order valence-corrected chi connectivity index (χ1v) is 16.0. The third kappa shape index (κ3) is 8.19. The number of sulfonamides is 2. The van der Waals surface area contributed by atoms with Crippen molar-refractivity contribution in [3.05, 3.63) is 95.8 Å². The predicted molar refractivity (Wildman–Crippen MR) is 169 cm³/mol. The van der Waals surface area contributed by atoms with Crippen molar-refractivity contribution in [3.63, 3.8) is 0 Å². The van der Waals surface area contributed by atoms with E-state index in [9.17, 15) is 21.2 Å². The third-order valence-corrected chi connectivity index (χ3v) is 9.07. The predicted octanol–water partition coefficient (Wildman–Crippen LogP) is 3.85. The lowest BCUT2D eigenvalue weighted by Gasteiger charge is -2.11. The molecule has 13 nitrogen and oxygen atoms in total. The fourth-order valence-electron chi connectivity index (χ4n) is 3.68. The summed E-state index contributed by atoms with van der Waals surface area (Å²) in [5, 5.41) is 11.8. The number of hydrazone groups is 2. The van der Waals surface area contributed by atoms with Crippen molar-refractivity contribution in [3.8, 4) is 0 Å². The molecule has 1 heterocycles. The van der Waals surface area contributed by atoms with Gasteiger partial charge in [0.1, 0.15) is 5.82 Å². The van der Waals surface area contributed by atoms with Crippen LogP contribution in [0.4, 0.5) is 27.7 Å². The lowest BCUT2D eigenvalue weighted by Crippen LogP contribution is -2.18. The molecule has 0 saturated heterocycles. The van der Waals surface area contributed by atoms with Gasteiger partial charge >= 0.3 is 0 Å². The number of rotatable bonds is 12. The summed E-state index contributed by atoms with van der Waals surface area (Å²) in [4.78, 5) is 9.11. The maximum Gasteiger partial charge on any atom is 0.240 e. The van der Waals surface area contributed by atoms with Gasteiger partial charge in [0.25, 0.3) is 0 Å². The minimum absolute atomic E-state index is 0.127. The molecule has 0 saturated carbocycles. The fourth-order valence-corrected chi connectivity index (χ4v) is 5.14. The largest absolute Gasteiger partial charge is 0.324 e. The van der Waals surface area contributed by atoms with E-state index in [1.165, 1.54) is 62.6 Å². The van der Waals surface area contributed by atoms with Crippen molar-refractivity contribution in [2.24, 2.45) is 10.2 Å². The quantitative estimate of drug-likeness (QED) is 0.114. The number of benzene rings is 3. The molecular formula is C28H30FN9O4S2. The maximum atomic E-state index is 13.4. The Bertz CT molecular complexity index is 1780. The number of anilines is 4. The first-order valence-electron chi connectivity index (χ1n) is 13.0. The Kier molecular flexibility index (Phi) is 10.00. The lowest BCUT2D eigenvalue weighted by molar-refractivity contribution is 0.586. The molecule has 0 radical (unpaired) electrons. The Morgan fingerprint density at radius 1 is 0.659 bits per heavy atom. The monoisotopic (exact) mass is 639 g/mol. The summed E-state index contributed by atoms with van der Waals surface area (Å²) in [6.45, 7) is 3.49. The van der Waals surface area contributed by atoms with Gasteiger partial charge in [-0.05, 0) is 87.6 Å². The van der Waals surface area contributed by atoms with Gasteiger partial charge < -0.3 is 5.32 Å². The van der Waals surface area contributed by atoms with Crippen LogP contribution in [0.3, 0.4) is 0 Å². The second-order valence-electron chi connectivity index (χ2n) is 9.18.